The van der Waals surface area contributed by atoms with E-state index in [1.54, 1.807) is 4.90 Å². The number of likely N-dealkylation sites (N-methyl/N-ethyl adjacent to an activating group) is 1. The van der Waals surface area contributed by atoms with Crippen LogP contribution in [-0.2, 0) is 9.53 Å². The highest BCUT2D eigenvalue weighted by Gasteiger charge is 2.28. The Morgan fingerprint density at radius 1 is 1.63 bits per heavy atom. The maximum atomic E-state index is 12.3. The molecule has 1 fully saturated rings. The van der Waals surface area contributed by atoms with Gasteiger partial charge in [0, 0.05) is 25.3 Å². The topological polar surface area (TPSA) is 53.0 Å². The second-order valence-electron chi connectivity index (χ2n) is 5.46. The van der Waals surface area contributed by atoms with Crippen molar-refractivity contribution in [2.75, 3.05) is 33.4 Å². The Labute approximate surface area is 114 Å². The van der Waals surface area contributed by atoms with Gasteiger partial charge in [0.05, 0.1) is 25.9 Å². The smallest absolute Gasteiger partial charge is 0.240 e. The second-order valence-corrected chi connectivity index (χ2v) is 5.46. The normalized spacial score (nSPS) is 28.3. The predicted octanol–water partition coefficient (Wildman–Crippen LogP) is 0.594. The van der Waals surface area contributed by atoms with Gasteiger partial charge in [-0.15, -0.1) is 0 Å². The predicted molar refractivity (Wildman–Crippen MR) is 72.6 cm³/mol. The first-order chi connectivity index (χ1) is 9.11. The maximum absolute atomic E-state index is 12.3. The van der Waals surface area contributed by atoms with Crippen LogP contribution in [0.2, 0.25) is 0 Å². The lowest BCUT2D eigenvalue weighted by atomic mass is 10.2. The first-order valence-electron chi connectivity index (χ1n) is 7.04. The lowest BCUT2D eigenvalue weighted by Gasteiger charge is -2.37. The summed E-state index contributed by atoms with van der Waals surface area (Å²) in [5, 5.41) is 9.15. The molecule has 1 heterocycles. The third kappa shape index (κ3) is 3.55. The molecule has 2 atom stereocenters. The number of morpholine rings is 1. The molecule has 2 rings (SSSR count). The van der Waals surface area contributed by atoms with Crippen molar-refractivity contribution < 1.29 is 14.6 Å². The van der Waals surface area contributed by atoms with E-state index in [-0.39, 0.29) is 24.7 Å². The van der Waals surface area contributed by atoms with Crippen LogP contribution < -0.4 is 0 Å². The second kappa shape index (κ2) is 6.50. The molecule has 0 bridgehead atoms. The standard InChI is InChI=1S/C14H24N2O3/c1-11-10-19-13(9-17)7-16(11)8-14(18)15(2)12-5-3-4-6-12/h5,11,13,17H,3-4,6-10H2,1-2H3. The zero-order chi connectivity index (χ0) is 13.8. The number of hydrogen-bond donors (Lipinski definition) is 1. The third-order valence-electron chi connectivity index (χ3n) is 4.00. The summed E-state index contributed by atoms with van der Waals surface area (Å²) < 4.78 is 5.48. The van der Waals surface area contributed by atoms with Crippen LogP contribution in [0.3, 0.4) is 0 Å². The van der Waals surface area contributed by atoms with Crippen molar-refractivity contribution in [2.24, 2.45) is 0 Å². The molecular weight excluding hydrogens is 244 g/mol. The summed E-state index contributed by atoms with van der Waals surface area (Å²) in [7, 11) is 1.86. The number of hydrogen-bond acceptors (Lipinski definition) is 4. The number of aliphatic hydroxyl groups excluding tert-OH is 1. The maximum Gasteiger partial charge on any atom is 0.240 e. The molecule has 0 aromatic heterocycles. The first-order valence-corrected chi connectivity index (χ1v) is 7.04. The number of rotatable bonds is 4. The van der Waals surface area contributed by atoms with Crippen molar-refractivity contribution in [1.29, 1.82) is 0 Å². The van der Waals surface area contributed by atoms with Crippen LogP contribution in [-0.4, -0.2) is 66.3 Å². The Morgan fingerprint density at radius 3 is 3.05 bits per heavy atom. The van der Waals surface area contributed by atoms with Gasteiger partial charge in [-0.2, -0.15) is 0 Å². The quantitative estimate of drug-likeness (QED) is 0.811. The van der Waals surface area contributed by atoms with Crippen molar-refractivity contribution in [2.45, 2.75) is 38.3 Å². The lowest BCUT2D eigenvalue weighted by Crippen LogP contribution is -2.52. The molecule has 1 N–H and O–H groups in total. The van der Waals surface area contributed by atoms with Crippen molar-refractivity contribution in [3.05, 3.63) is 11.8 Å². The molecule has 5 heteroatoms. The van der Waals surface area contributed by atoms with Crippen molar-refractivity contribution in [1.82, 2.24) is 9.80 Å². The van der Waals surface area contributed by atoms with Crippen LogP contribution in [0.5, 0.6) is 0 Å². The van der Waals surface area contributed by atoms with E-state index in [0.717, 1.165) is 25.0 Å². The number of nitrogens with zero attached hydrogens (tertiary/aromatic N) is 2. The summed E-state index contributed by atoms with van der Waals surface area (Å²) in [6.45, 7) is 3.66. The van der Waals surface area contributed by atoms with E-state index < -0.39 is 0 Å². The fourth-order valence-corrected chi connectivity index (χ4v) is 2.60. The number of carbonyl (C=O) groups excluding carboxylic acids is 1. The Kier molecular flexibility index (Phi) is 4.96. The third-order valence-corrected chi connectivity index (χ3v) is 4.00. The van der Waals surface area contributed by atoms with Crippen LogP contribution in [0.1, 0.15) is 26.2 Å². The summed E-state index contributed by atoms with van der Waals surface area (Å²) in [5.74, 6) is 0.124. The summed E-state index contributed by atoms with van der Waals surface area (Å²) in [6.07, 6.45) is 5.21. The van der Waals surface area contributed by atoms with Crippen molar-refractivity contribution in [3.8, 4) is 0 Å². The van der Waals surface area contributed by atoms with Crippen molar-refractivity contribution in [3.63, 3.8) is 0 Å². The molecule has 1 aliphatic heterocycles. The Bertz CT molecular complexity index is 357. The highest BCUT2D eigenvalue weighted by molar-refractivity contribution is 5.79. The molecule has 108 valence electrons. The average Bonchev–Trinajstić information content (AvgIpc) is 2.94. The minimum atomic E-state index is -0.167. The van der Waals surface area contributed by atoms with Gasteiger partial charge in [0.15, 0.2) is 0 Å². The molecule has 5 nitrogen and oxygen atoms in total. The van der Waals surface area contributed by atoms with E-state index in [1.807, 2.05) is 7.05 Å². The van der Waals surface area contributed by atoms with Crippen LogP contribution in [0.25, 0.3) is 0 Å². The van der Waals surface area contributed by atoms with Gasteiger partial charge in [-0.25, -0.2) is 0 Å². The number of aliphatic hydroxyl groups is 1. The van der Waals surface area contributed by atoms with Gasteiger partial charge in [0.25, 0.3) is 0 Å². The zero-order valence-electron chi connectivity index (χ0n) is 11.8. The SMILES string of the molecule is CC1COC(CO)CN1CC(=O)N(C)C1=CCCC1. The lowest BCUT2D eigenvalue weighted by molar-refractivity contribution is -0.134. The first kappa shape index (κ1) is 14.5. The zero-order valence-corrected chi connectivity index (χ0v) is 11.8. The fourth-order valence-electron chi connectivity index (χ4n) is 2.60. The highest BCUT2D eigenvalue weighted by atomic mass is 16.5. The summed E-state index contributed by atoms with van der Waals surface area (Å²) in [4.78, 5) is 16.2. The van der Waals surface area contributed by atoms with E-state index >= 15 is 0 Å². The Balaban J connectivity index is 1.89. The van der Waals surface area contributed by atoms with Crippen LogP contribution >= 0.6 is 0 Å². The minimum absolute atomic E-state index is 0.0123. The Hall–Kier alpha value is -0.910. The fraction of sp³-hybridized carbons (Fsp3) is 0.786. The van der Waals surface area contributed by atoms with E-state index in [9.17, 15) is 4.79 Å². The van der Waals surface area contributed by atoms with Gasteiger partial charge in [0.2, 0.25) is 5.91 Å². The largest absolute Gasteiger partial charge is 0.394 e. The van der Waals surface area contributed by atoms with Gasteiger partial charge in [0.1, 0.15) is 0 Å². The van der Waals surface area contributed by atoms with Gasteiger partial charge in [-0.1, -0.05) is 6.08 Å². The summed E-state index contributed by atoms with van der Waals surface area (Å²) in [5.41, 5.74) is 1.14. The van der Waals surface area contributed by atoms with Crippen LogP contribution in [0, 0.1) is 0 Å². The Morgan fingerprint density at radius 2 is 2.42 bits per heavy atom. The molecule has 2 unspecified atom stereocenters. The molecule has 0 aromatic carbocycles. The van der Waals surface area contributed by atoms with E-state index in [4.69, 9.17) is 9.84 Å². The molecule has 1 aliphatic carbocycles. The van der Waals surface area contributed by atoms with Crippen LogP contribution in [0.15, 0.2) is 11.8 Å². The van der Waals surface area contributed by atoms with E-state index in [1.165, 1.54) is 0 Å². The van der Waals surface area contributed by atoms with E-state index in [2.05, 4.69) is 17.9 Å². The summed E-state index contributed by atoms with van der Waals surface area (Å²) in [6, 6.07) is 0.220. The molecule has 0 aromatic rings. The molecule has 1 saturated heterocycles. The minimum Gasteiger partial charge on any atom is -0.394 e. The molecule has 19 heavy (non-hydrogen) atoms. The highest BCUT2D eigenvalue weighted by Crippen LogP contribution is 2.21. The van der Waals surface area contributed by atoms with Gasteiger partial charge < -0.3 is 14.7 Å². The molecular formula is C14H24N2O3. The number of allylic oxidation sites excluding steroid dienone is 2. The molecule has 2 aliphatic rings. The monoisotopic (exact) mass is 268 g/mol. The molecule has 1 amide bonds. The van der Waals surface area contributed by atoms with Gasteiger partial charge in [-0.05, 0) is 26.2 Å². The number of carbonyl (C=O) groups is 1. The van der Waals surface area contributed by atoms with Crippen LogP contribution in [0.4, 0.5) is 0 Å². The number of ether oxygens (including phenoxy) is 1. The van der Waals surface area contributed by atoms with Gasteiger partial charge >= 0.3 is 0 Å². The van der Waals surface area contributed by atoms with Crippen molar-refractivity contribution >= 4 is 5.91 Å². The molecule has 0 saturated carbocycles. The molecule has 0 radical (unpaired) electrons. The van der Waals surface area contributed by atoms with Gasteiger partial charge in [-0.3, -0.25) is 9.69 Å². The number of amides is 1. The molecule has 0 spiro atoms. The average molecular weight is 268 g/mol. The summed E-state index contributed by atoms with van der Waals surface area (Å²) >= 11 is 0. The van der Waals surface area contributed by atoms with E-state index in [0.29, 0.717) is 19.7 Å².